The Morgan fingerprint density at radius 2 is 2.25 bits per heavy atom. The number of anilines is 1. The first-order chi connectivity index (χ1) is 9.51. The number of fused-ring (bicyclic) bond motifs is 1. The maximum absolute atomic E-state index is 11.9. The van der Waals surface area contributed by atoms with Crippen molar-refractivity contribution in [3.05, 3.63) is 18.2 Å². The van der Waals surface area contributed by atoms with Crippen LogP contribution in [-0.2, 0) is 11.3 Å². The fourth-order valence-electron chi connectivity index (χ4n) is 1.93. The van der Waals surface area contributed by atoms with E-state index in [2.05, 4.69) is 10.3 Å². The van der Waals surface area contributed by atoms with E-state index in [0.717, 1.165) is 11.0 Å². The van der Waals surface area contributed by atoms with Crippen molar-refractivity contribution in [3.63, 3.8) is 0 Å². The van der Waals surface area contributed by atoms with Crippen LogP contribution in [0.5, 0.6) is 5.75 Å². The number of hydrogen-bond donors (Lipinski definition) is 2. The number of methoxy groups -OCH3 is 1. The molecule has 0 bridgehead atoms. The van der Waals surface area contributed by atoms with Gasteiger partial charge in [0.05, 0.1) is 18.1 Å². The maximum Gasteiger partial charge on any atom is 0.240 e. The highest BCUT2D eigenvalue weighted by molar-refractivity contribution is 5.83. The van der Waals surface area contributed by atoms with Crippen LogP contribution in [-0.4, -0.2) is 29.1 Å². The Kier molecular flexibility index (Phi) is 4.12. The predicted octanol–water partition coefficient (Wildman–Crippen LogP) is 1.40. The standard InChI is InChI=1S/C14H20N4O2/c1-9(2)7-16-13(19)8-18-12-6-10(20-3)4-5-11(12)17-14(18)15/h4-6,9H,7-8H2,1-3H3,(H2,15,17)(H,16,19). The second-order valence-electron chi connectivity index (χ2n) is 5.11. The second kappa shape index (κ2) is 5.81. The summed E-state index contributed by atoms with van der Waals surface area (Å²) in [5.74, 6) is 1.37. The highest BCUT2D eigenvalue weighted by atomic mass is 16.5. The van der Waals surface area contributed by atoms with Gasteiger partial charge in [-0.05, 0) is 18.1 Å². The van der Waals surface area contributed by atoms with E-state index >= 15 is 0 Å². The van der Waals surface area contributed by atoms with E-state index in [1.54, 1.807) is 11.7 Å². The predicted molar refractivity (Wildman–Crippen MR) is 78.5 cm³/mol. The molecule has 0 radical (unpaired) electrons. The quantitative estimate of drug-likeness (QED) is 0.864. The normalized spacial score (nSPS) is 11.0. The third-order valence-corrected chi connectivity index (χ3v) is 2.99. The lowest BCUT2D eigenvalue weighted by Crippen LogP contribution is -2.30. The second-order valence-corrected chi connectivity index (χ2v) is 5.11. The zero-order valence-corrected chi connectivity index (χ0v) is 12.0. The van der Waals surface area contributed by atoms with Crippen LogP contribution in [0.3, 0.4) is 0 Å². The summed E-state index contributed by atoms with van der Waals surface area (Å²) in [7, 11) is 1.60. The van der Waals surface area contributed by atoms with Crippen molar-refractivity contribution in [2.24, 2.45) is 5.92 Å². The number of carbonyl (C=O) groups is 1. The Bertz CT molecular complexity index is 619. The van der Waals surface area contributed by atoms with Gasteiger partial charge < -0.3 is 20.4 Å². The maximum atomic E-state index is 11.9. The van der Waals surface area contributed by atoms with Crippen molar-refractivity contribution in [1.82, 2.24) is 14.9 Å². The van der Waals surface area contributed by atoms with E-state index in [1.165, 1.54) is 0 Å². The van der Waals surface area contributed by atoms with Gasteiger partial charge in [-0.25, -0.2) is 4.98 Å². The largest absolute Gasteiger partial charge is 0.497 e. The van der Waals surface area contributed by atoms with E-state index in [9.17, 15) is 4.79 Å². The third-order valence-electron chi connectivity index (χ3n) is 2.99. The molecular weight excluding hydrogens is 256 g/mol. The lowest BCUT2D eigenvalue weighted by atomic mass is 10.2. The van der Waals surface area contributed by atoms with Crippen LogP contribution >= 0.6 is 0 Å². The monoisotopic (exact) mass is 276 g/mol. The van der Waals surface area contributed by atoms with Crippen LogP contribution < -0.4 is 15.8 Å². The molecule has 0 saturated heterocycles. The van der Waals surface area contributed by atoms with Crippen molar-refractivity contribution in [1.29, 1.82) is 0 Å². The number of nitrogens with two attached hydrogens (primary N) is 1. The summed E-state index contributed by atoms with van der Waals surface area (Å²) >= 11 is 0. The molecule has 3 N–H and O–H groups in total. The summed E-state index contributed by atoms with van der Waals surface area (Å²) in [6.45, 7) is 4.90. The fraction of sp³-hybridized carbons (Fsp3) is 0.429. The number of ether oxygens (including phenoxy) is 1. The van der Waals surface area contributed by atoms with Crippen LogP contribution in [0.4, 0.5) is 5.95 Å². The summed E-state index contributed by atoms with van der Waals surface area (Å²) in [5, 5.41) is 2.87. The average molecular weight is 276 g/mol. The number of rotatable bonds is 5. The number of nitrogen functional groups attached to an aromatic ring is 1. The Balaban J connectivity index is 2.24. The van der Waals surface area contributed by atoms with E-state index in [0.29, 0.717) is 24.2 Å². The lowest BCUT2D eigenvalue weighted by Gasteiger charge is -2.10. The number of hydrogen-bond acceptors (Lipinski definition) is 4. The summed E-state index contributed by atoms with van der Waals surface area (Å²) in [6.07, 6.45) is 0. The van der Waals surface area contributed by atoms with Crippen LogP contribution in [0.25, 0.3) is 11.0 Å². The van der Waals surface area contributed by atoms with Crippen molar-refractivity contribution >= 4 is 22.9 Å². The van der Waals surface area contributed by atoms with Gasteiger partial charge in [-0.15, -0.1) is 0 Å². The molecule has 20 heavy (non-hydrogen) atoms. The van der Waals surface area contributed by atoms with Gasteiger partial charge in [-0.1, -0.05) is 13.8 Å². The number of amides is 1. The molecule has 2 rings (SSSR count). The lowest BCUT2D eigenvalue weighted by molar-refractivity contribution is -0.121. The molecule has 0 aliphatic rings. The van der Waals surface area contributed by atoms with Gasteiger partial charge >= 0.3 is 0 Å². The number of aromatic nitrogens is 2. The first kappa shape index (κ1) is 14.2. The minimum Gasteiger partial charge on any atom is -0.497 e. The molecule has 1 heterocycles. The molecule has 0 aliphatic carbocycles. The minimum atomic E-state index is -0.0764. The number of carbonyl (C=O) groups excluding carboxylic acids is 1. The van der Waals surface area contributed by atoms with Gasteiger partial charge in [0.2, 0.25) is 11.9 Å². The van der Waals surface area contributed by atoms with Crippen LogP contribution in [0.15, 0.2) is 18.2 Å². The number of nitrogens with zero attached hydrogens (tertiary/aromatic N) is 2. The molecule has 0 saturated carbocycles. The molecule has 0 unspecified atom stereocenters. The van der Waals surface area contributed by atoms with Crippen molar-refractivity contribution < 1.29 is 9.53 Å². The highest BCUT2D eigenvalue weighted by Crippen LogP contribution is 2.22. The molecule has 0 atom stereocenters. The summed E-state index contributed by atoms with van der Waals surface area (Å²) < 4.78 is 6.88. The number of benzene rings is 1. The topological polar surface area (TPSA) is 82.2 Å². The first-order valence-corrected chi connectivity index (χ1v) is 6.57. The molecule has 1 amide bonds. The van der Waals surface area contributed by atoms with E-state index < -0.39 is 0 Å². The molecule has 0 aliphatic heterocycles. The van der Waals surface area contributed by atoms with E-state index in [-0.39, 0.29) is 12.5 Å². The third kappa shape index (κ3) is 3.01. The van der Waals surface area contributed by atoms with Crippen LogP contribution in [0.2, 0.25) is 0 Å². The first-order valence-electron chi connectivity index (χ1n) is 6.57. The number of nitrogens with one attached hydrogen (secondary N) is 1. The minimum absolute atomic E-state index is 0.0764. The van der Waals surface area contributed by atoms with E-state index in [4.69, 9.17) is 10.5 Å². The molecule has 108 valence electrons. The fourth-order valence-corrected chi connectivity index (χ4v) is 1.93. The summed E-state index contributed by atoms with van der Waals surface area (Å²) in [4.78, 5) is 16.2. The van der Waals surface area contributed by atoms with Crippen molar-refractivity contribution in [3.8, 4) is 5.75 Å². The van der Waals surface area contributed by atoms with Crippen LogP contribution in [0, 0.1) is 5.92 Å². The molecular formula is C14H20N4O2. The van der Waals surface area contributed by atoms with Gasteiger partial charge in [-0.3, -0.25) is 4.79 Å². The van der Waals surface area contributed by atoms with Crippen molar-refractivity contribution in [2.75, 3.05) is 19.4 Å². The Labute approximate surface area is 117 Å². The molecule has 0 fully saturated rings. The van der Waals surface area contributed by atoms with Crippen molar-refractivity contribution in [2.45, 2.75) is 20.4 Å². The molecule has 2 aromatic rings. The molecule has 6 nitrogen and oxygen atoms in total. The smallest absolute Gasteiger partial charge is 0.240 e. The Morgan fingerprint density at radius 1 is 1.50 bits per heavy atom. The highest BCUT2D eigenvalue weighted by Gasteiger charge is 2.12. The molecule has 1 aromatic carbocycles. The average Bonchev–Trinajstić information content (AvgIpc) is 2.72. The number of imidazole rings is 1. The Hall–Kier alpha value is -2.24. The molecule has 0 spiro atoms. The SMILES string of the molecule is COc1ccc2nc(N)n(CC(=O)NCC(C)C)c2c1. The van der Waals surface area contributed by atoms with Gasteiger partial charge in [-0.2, -0.15) is 0 Å². The van der Waals surface area contributed by atoms with Crippen LogP contribution in [0.1, 0.15) is 13.8 Å². The summed E-state index contributed by atoms with van der Waals surface area (Å²) in [6, 6.07) is 5.47. The zero-order chi connectivity index (χ0) is 14.7. The van der Waals surface area contributed by atoms with Gasteiger partial charge in [0, 0.05) is 12.6 Å². The molecule has 1 aromatic heterocycles. The van der Waals surface area contributed by atoms with E-state index in [1.807, 2.05) is 32.0 Å². The zero-order valence-electron chi connectivity index (χ0n) is 12.0. The summed E-state index contributed by atoms with van der Waals surface area (Å²) in [5.41, 5.74) is 7.42. The van der Waals surface area contributed by atoms with Gasteiger partial charge in [0.15, 0.2) is 0 Å². The van der Waals surface area contributed by atoms with Gasteiger partial charge in [0.25, 0.3) is 0 Å². The molecule has 6 heteroatoms. The van der Waals surface area contributed by atoms with Gasteiger partial charge in [0.1, 0.15) is 12.3 Å². The Morgan fingerprint density at radius 3 is 2.90 bits per heavy atom.